The number of primary amides is 1. The number of nitrogens with zero attached hydrogens (tertiary/aromatic N) is 1. The first kappa shape index (κ1) is 30.5. The molecule has 0 aromatic heterocycles. The summed E-state index contributed by atoms with van der Waals surface area (Å²) >= 11 is 0. The van der Waals surface area contributed by atoms with Crippen molar-refractivity contribution in [1.29, 1.82) is 0 Å². The van der Waals surface area contributed by atoms with Crippen LogP contribution in [0.1, 0.15) is 44.9 Å². The van der Waals surface area contributed by atoms with Gasteiger partial charge in [0.2, 0.25) is 23.6 Å². The van der Waals surface area contributed by atoms with Crippen molar-refractivity contribution < 1.29 is 29.1 Å². The Morgan fingerprint density at radius 2 is 1.53 bits per heavy atom. The molecule has 0 aliphatic heterocycles. The number of unbranched alkanes of at least 4 members (excludes halogenated alkanes) is 1. The number of nitrogens with one attached hydrogen (secondary N) is 3. The second-order valence-electron chi connectivity index (χ2n) is 7.58. The van der Waals surface area contributed by atoms with E-state index >= 15 is 0 Å². The second-order valence-corrected chi connectivity index (χ2v) is 7.58. The van der Waals surface area contributed by atoms with E-state index < -0.39 is 54.3 Å². The summed E-state index contributed by atoms with van der Waals surface area (Å²) in [5, 5.41) is 16.4. The monoisotopic (exact) mass is 487 g/mol. The zero-order valence-electron chi connectivity index (χ0n) is 19.1. The number of nitrogens with two attached hydrogens (primary N) is 5. The first-order chi connectivity index (χ1) is 16.0. The van der Waals surface area contributed by atoms with Crippen LogP contribution in [0.4, 0.5) is 0 Å². The number of rotatable bonds is 18. The van der Waals surface area contributed by atoms with Crippen LogP contribution in [0.15, 0.2) is 4.99 Å². The zero-order valence-corrected chi connectivity index (χ0v) is 19.1. The lowest BCUT2D eigenvalue weighted by Crippen LogP contribution is -2.53. The van der Waals surface area contributed by atoms with Crippen LogP contribution >= 0.6 is 0 Å². The minimum Gasteiger partial charge on any atom is -0.480 e. The smallest absolute Gasteiger partial charge is 0.326 e. The lowest BCUT2D eigenvalue weighted by Gasteiger charge is -2.21. The van der Waals surface area contributed by atoms with Gasteiger partial charge in [-0.3, -0.25) is 24.2 Å². The first-order valence-corrected chi connectivity index (χ1v) is 10.9. The summed E-state index contributed by atoms with van der Waals surface area (Å²) in [6.45, 7) is 0.187. The van der Waals surface area contributed by atoms with Crippen molar-refractivity contribution in [2.24, 2.45) is 33.7 Å². The molecule has 0 aromatic rings. The van der Waals surface area contributed by atoms with Gasteiger partial charge in [-0.25, -0.2) is 4.79 Å². The summed E-state index contributed by atoms with van der Waals surface area (Å²) in [6, 6.07) is -3.33. The Bertz CT molecular complexity index is 727. The minimum atomic E-state index is -1.24. The molecule has 0 saturated carbocycles. The highest BCUT2D eigenvalue weighted by atomic mass is 16.4. The number of carboxylic acids is 1. The molecule has 0 heterocycles. The number of aliphatic carboxylic acids is 1. The minimum absolute atomic E-state index is 0.0742. The number of aliphatic imine (C=N–C) groups is 1. The Kier molecular flexibility index (Phi) is 15.3. The van der Waals surface area contributed by atoms with Gasteiger partial charge in [0.25, 0.3) is 0 Å². The third kappa shape index (κ3) is 14.6. The van der Waals surface area contributed by atoms with Gasteiger partial charge in [-0.2, -0.15) is 0 Å². The molecule has 0 spiro atoms. The van der Waals surface area contributed by atoms with Crippen LogP contribution in [0.3, 0.4) is 0 Å². The average Bonchev–Trinajstić information content (AvgIpc) is 2.76. The summed E-state index contributed by atoms with van der Waals surface area (Å²) in [6.07, 6.45) is 1.54. The normalized spacial score (nSPS) is 13.1. The number of hydrogen-bond acceptors (Lipinski definition) is 8. The van der Waals surface area contributed by atoms with E-state index in [2.05, 4.69) is 20.9 Å². The van der Waals surface area contributed by atoms with E-state index in [1.54, 1.807) is 0 Å². The molecular weight excluding hydrogens is 450 g/mol. The Morgan fingerprint density at radius 1 is 0.853 bits per heavy atom. The molecule has 194 valence electrons. The van der Waals surface area contributed by atoms with Gasteiger partial charge >= 0.3 is 5.97 Å². The molecule has 15 nitrogen and oxygen atoms in total. The molecule has 4 amide bonds. The number of hydrogen-bond donors (Lipinski definition) is 9. The summed E-state index contributed by atoms with van der Waals surface area (Å²) < 4.78 is 0. The SMILES string of the molecule is NCCCCC(NC(=O)C(CCC(N)=O)NC(=O)CNC(=O)C(N)CCCN=C(N)N)C(=O)O. The number of amides is 4. The largest absolute Gasteiger partial charge is 0.480 e. The van der Waals surface area contributed by atoms with Crippen molar-refractivity contribution in [1.82, 2.24) is 16.0 Å². The molecule has 14 N–H and O–H groups in total. The van der Waals surface area contributed by atoms with Crippen molar-refractivity contribution in [2.75, 3.05) is 19.6 Å². The third-order valence-electron chi connectivity index (χ3n) is 4.62. The van der Waals surface area contributed by atoms with Crippen LogP contribution in [0.25, 0.3) is 0 Å². The summed E-state index contributed by atoms with van der Waals surface area (Å²) in [4.78, 5) is 63.2. The predicted octanol–water partition coefficient (Wildman–Crippen LogP) is -4.07. The third-order valence-corrected chi connectivity index (χ3v) is 4.62. The standard InChI is InChI=1S/C19H37N9O6/c20-8-2-1-5-13(18(33)34)28-17(32)12(6-7-14(22)29)27-15(30)10-26-16(31)11(21)4-3-9-25-19(23)24/h11-13H,1-10,20-21H2,(H2,22,29)(H,26,31)(H,27,30)(H,28,32)(H,33,34)(H4,23,24,25). The van der Waals surface area contributed by atoms with E-state index in [0.29, 0.717) is 32.4 Å². The van der Waals surface area contributed by atoms with E-state index in [1.807, 2.05) is 0 Å². The van der Waals surface area contributed by atoms with E-state index in [1.165, 1.54) is 0 Å². The molecular formula is C19H37N9O6. The Morgan fingerprint density at radius 3 is 2.09 bits per heavy atom. The number of carboxylic acid groups (broad SMARTS) is 1. The topological polar surface area (TPSA) is 284 Å². The highest BCUT2D eigenvalue weighted by Crippen LogP contribution is 2.04. The molecule has 15 heteroatoms. The van der Waals surface area contributed by atoms with Crippen LogP contribution in [-0.4, -0.2) is 78.4 Å². The van der Waals surface area contributed by atoms with Gasteiger partial charge in [0.05, 0.1) is 12.6 Å². The number of guanidine groups is 1. The Hall–Kier alpha value is -3.46. The van der Waals surface area contributed by atoms with Crippen LogP contribution in [0.5, 0.6) is 0 Å². The second kappa shape index (κ2) is 17.1. The molecule has 0 bridgehead atoms. The van der Waals surface area contributed by atoms with Crippen molar-refractivity contribution in [3.63, 3.8) is 0 Å². The van der Waals surface area contributed by atoms with Gasteiger partial charge in [0.15, 0.2) is 5.96 Å². The van der Waals surface area contributed by atoms with E-state index in [0.717, 1.165) is 0 Å². The van der Waals surface area contributed by atoms with Crippen LogP contribution in [-0.2, 0) is 24.0 Å². The molecule has 0 aliphatic carbocycles. The molecule has 3 unspecified atom stereocenters. The van der Waals surface area contributed by atoms with E-state index in [9.17, 15) is 29.1 Å². The highest BCUT2D eigenvalue weighted by molar-refractivity contribution is 5.92. The van der Waals surface area contributed by atoms with Gasteiger partial charge in [0.1, 0.15) is 12.1 Å². The molecule has 0 aliphatic rings. The van der Waals surface area contributed by atoms with E-state index in [-0.39, 0.29) is 31.6 Å². The summed E-state index contributed by atoms with van der Waals surface area (Å²) in [7, 11) is 0. The Balaban J connectivity index is 4.84. The maximum Gasteiger partial charge on any atom is 0.326 e. The van der Waals surface area contributed by atoms with Gasteiger partial charge in [-0.15, -0.1) is 0 Å². The zero-order chi connectivity index (χ0) is 26.1. The number of carbonyl (C=O) groups excluding carboxylic acids is 4. The fourth-order valence-electron chi connectivity index (χ4n) is 2.77. The summed E-state index contributed by atoms with van der Waals surface area (Å²) in [5.41, 5.74) is 26.7. The highest BCUT2D eigenvalue weighted by Gasteiger charge is 2.27. The fourth-order valence-corrected chi connectivity index (χ4v) is 2.77. The molecule has 3 atom stereocenters. The Labute approximate surface area is 197 Å². The fraction of sp³-hybridized carbons (Fsp3) is 0.684. The lowest BCUT2D eigenvalue weighted by molar-refractivity contribution is -0.142. The molecule has 0 radical (unpaired) electrons. The molecule has 0 aromatic carbocycles. The van der Waals surface area contributed by atoms with Gasteiger partial charge in [0, 0.05) is 13.0 Å². The average molecular weight is 488 g/mol. The van der Waals surface area contributed by atoms with Crippen molar-refractivity contribution in [2.45, 2.75) is 63.1 Å². The van der Waals surface area contributed by atoms with Crippen molar-refractivity contribution >= 4 is 35.6 Å². The maximum absolute atomic E-state index is 12.6. The van der Waals surface area contributed by atoms with Crippen LogP contribution < -0.4 is 44.6 Å². The predicted molar refractivity (Wildman–Crippen MR) is 124 cm³/mol. The first-order valence-electron chi connectivity index (χ1n) is 10.9. The summed E-state index contributed by atoms with van der Waals surface area (Å²) in [5.74, 6) is -4.15. The van der Waals surface area contributed by atoms with Gasteiger partial charge < -0.3 is 49.7 Å². The van der Waals surface area contributed by atoms with Crippen LogP contribution in [0, 0.1) is 0 Å². The van der Waals surface area contributed by atoms with Crippen LogP contribution in [0.2, 0.25) is 0 Å². The van der Waals surface area contributed by atoms with Crippen molar-refractivity contribution in [3.8, 4) is 0 Å². The quantitative estimate of drug-likeness (QED) is 0.0511. The van der Waals surface area contributed by atoms with Gasteiger partial charge in [-0.1, -0.05) is 0 Å². The van der Waals surface area contributed by atoms with Crippen molar-refractivity contribution in [3.05, 3.63) is 0 Å². The van der Waals surface area contributed by atoms with E-state index in [4.69, 9.17) is 28.7 Å². The molecule has 34 heavy (non-hydrogen) atoms. The van der Waals surface area contributed by atoms with Gasteiger partial charge in [-0.05, 0) is 45.1 Å². The lowest BCUT2D eigenvalue weighted by atomic mass is 10.1. The molecule has 0 rings (SSSR count). The maximum atomic E-state index is 12.6. The molecule has 0 saturated heterocycles. The number of carbonyl (C=O) groups is 5. The molecule has 0 fully saturated rings.